The van der Waals surface area contributed by atoms with Gasteiger partial charge >= 0.3 is 5.97 Å². The van der Waals surface area contributed by atoms with Gasteiger partial charge in [-0.2, -0.15) is 0 Å². The van der Waals surface area contributed by atoms with Crippen molar-refractivity contribution in [3.8, 4) is 0 Å². The second kappa shape index (κ2) is 9.43. The van der Waals surface area contributed by atoms with Crippen molar-refractivity contribution in [1.29, 1.82) is 0 Å². The summed E-state index contributed by atoms with van der Waals surface area (Å²) >= 11 is 17.5. The molecule has 26 heavy (non-hydrogen) atoms. The number of nitrogens with one attached hydrogen (secondary N) is 2. The number of hydrogen-bond donors (Lipinski definition) is 2. The van der Waals surface area contributed by atoms with Crippen LogP contribution in [0.25, 0.3) is 0 Å². The topological polar surface area (TPSA) is 84.5 Å². The minimum atomic E-state index is -0.773. The number of ether oxygens (including phenoxy) is 1. The first kappa shape index (κ1) is 20.0. The van der Waals surface area contributed by atoms with Crippen LogP contribution in [0.2, 0.25) is 15.1 Å². The first-order chi connectivity index (χ1) is 12.3. The summed E-state index contributed by atoms with van der Waals surface area (Å²) in [5.41, 5.74) is 0.645. The number of anilines is 1. The summed E-state index contributed by atoms with van der Waals surface area (Å²) in [6, 6.07) is 10.9. The third kappa shape index (κ3) is 6.22. The zero-order valence-corrected chi connectivity index (χ0v) is 15.5. The van der Waals surface area contributed by atoms with E-state index in [9.17, 15) is 14.4 Å². The molecule has 0 aromatic heterocycles. The molecule has 0 fully saturated rings. The fraction of sp³-hybridized carbons (Fsp3) is 0.118. The highest BCUT2D eigenvalue weighted by molar-refractivity contribution is 6.36. The van der Waals surface area contributed by atoms with E-state index in [2.05, 4.69) is 10.6 Å². The molecule has 0 atom stereocenters. The summed E-state index contributed by atoms with van der Waals surface area (Å²) < 4.78 is 4.79. The summed E-state index contributed by atoms with van der Waals surface area (Å²) in [6.45, 7) is -0.912. The Bertz CT molecular complexity index is 843. The van der Waals surface area contributed by atoms with E-state index >= 15 is 0 Å². The molecule has 0 radical (unpaired) electrons. The number of benzene rings is 2. The van der Waals surface area contributed by atoms with Crippen molar-refractivity contribution in [2.75, 3.05) is 18.5 Å². The van der Waals surface area contributed by atoms with Gasteiger partial charge in [0.25, 0.3) is 11.8 Å². The molecule has 136 valence electrons. The molecular weight excluding hydrogens is 403 g/mol. The Morgan fingerprint density at radius 3 is 2.38 bits per heavy atom. The van der Waals surface area contributed by atoms with Crippen LogP contribution in [0.15, 0.2) is 42.5 Å². The van der Waals surface area contributed by atoms with Crippen molar-refractivity contribution in [2.45, 2.75) is 0 Å². The highest BCUT2D eigenvalue weighted by Crippen LogP contribution is 2.20. The van der Waals surface area contributed by atoms with Gasteiger partial charge in [-0.05, 0) is 36.4 Å². The van der Waals surface area contributed by atoms with Gasteiger partial charge in [0.2, 0.25) is 0 Å². The SMILES string of the molecule is O=C(COC(=O)CNC(=O)c1ccc(Cl)cc1Cl)Nc1cccc(Cl)c1. The van der Waals surface area contributed by atoms with E-state index in [1.807, 2.05) is 0 Å². The molecule has 0 spiro atoms. The fourth-order valence-corrected chi connectivity index (χ4v) is 2.57. The lowest BCUT2D eigenvalue weighted by atomic mass is 10.2. The zero-order valence-electron chi connectivity index (χ0n) is 13.2. The van der Waals surface area contributed by atoms with Crippen LogP contribution in [0, 0.1) is 0 Å². The summed E-state index contributed by atoms with van der Waals surface area (Å²) in [4.78, 5) is 35.3. The third-order valence-corrected chi connectivity index (χ3v) is 3.82. The predicted octanol–water partition coefficient (Wildman–Crippen LogP) is 3.56. The Kier molecular flexibility index (Phi) is 7.26. The van der Waals surface area contributed by atoms with Crippen molar-refractivity contribution in [3.05, 3.63) is 63.1 Å². The van der Waals surface area contributed by atoms with Crippen LogP contribution in [-0.4, -0.2) is 30.9 Å². The van der Waals surface area contributed by atoms with Crippen molar-refractivity contribution < 1.29 is 19.1 Å². The van der Waals surface area contributed by atoms with Crippen molar-refractivity contribution in [3.63, 3.8) is 0 Å². The molecule has 2 aromatic rings. The standard InChI is InChI=1S/C17H13Cl3N2O4/c18-10-2-1-3-12(6-10)22-15(23)9-26-16(24)8-21-17(25)13-5-4-11(19)7-14(13)20/h1-7H,8-9H2,(H,21,25)(H,22,23). The average molecular weight is 416 g/mol. The Balaban J connectivity index is 1.76. The van der Waals surface area contributed by atoms with E-state index in [1.54, 1.807) is 24.3 Å². The smallest absolute Gasteiger partial charge is 0.325 e. The lowest BCUT2D eigenvalue weighted by Crippen LogP contribution is -2.32. The van der Waals surface area contributed by atoms with Gasteiger partial charge in [0.1, 0.15) is 6.54 Å². The molecule has 2 amide bonds. The Hall–Kier alpha value is -2.28. The van der Waals surface area contributed by atoms with Crippen LogP contribution in [0.3, 0.4) is 0 Å². The van der Waals surface area contributed by atoms with E-state index in [0.717, 1.165) is 0 Å². The first-order valence-electron chi connectivity index (χ1n) is 7.29. The van der Waals surface area contributed by atoms with Crippen molar-refractivity contribution in [2.24, 2.45) is 0 Å². The molecule has 0 aliphatic rings. The van der Waals surface area contributed by atoms with Crippen LogP contribution >= 0.6 is 34.8 Å². The predicted molar refractivity (Wildman–Crippen MR) is 99.8 cm³/mol. The lowest BCUT2D eigenvalue weighted by molar-refractivity contribution is -0.146. The molecule has 2 aromatic carbocycles. The molecule has 0 aliphatic carbocycles. The number of carbonyl (C=O) groups excluding carboxylic acids is 3. The maximum absolute atomic E-state index is 12.0. The normalized spacial score (nSPS) is 10.1. The molecule has 0 saturated carbocycles. The summed E-state index contributed by atoms with van der Waals surface area (Å²) in [6.07, 6.45) is 0. The van der Waals surface area contributed by atoms with E-state index in [4.69, 9.17) is 39.5 Å². The van der Waals surface area contributed by atoms with Gasteiger partial charge in [-0.15, -0.1) is 0 Å². The number of halogens is 3. The lowest BCUT2D eigenvalue weighted by Gasteiger charge is -2.08. The summed E-state index contributed by atoms with van der Waals surface area (Å²) in [5, 5.41) is 5.88. The Morgan fingerprint density at radius 2 is 1.69 bits per heavy atom. The number of amides is 2. The van der Waals surface area contributed by atoms with Crippen molar-refractivity contribution in [1.82, 2.24) is 5.32 Å². The second-order valence-corrected chi connectivity index (χ2v) is 6.31. The summed E-state index contributed by atoms with van der Waals surface area (Å²) in [5.74, 6) is -1.87. The van der Waals surface area contributed by atoms with E-state index < -0.39 is 30.9 Å². The van der Waals surface area contributed by atoms with Crippen LogP contribution in [0.1, 0.15) is 10.4 Å². The molecule has 6 nitrogen and oxygen atoms in total. The molecule has 2 rings (SSSR count). The maximum atomic E-state index is 12.0. The molecule has 0 saturated heterocycles. The van der Waals surface area contributed by atoms with E-state index in [1.165, 1.54) is 18.2 Å². The quantitative estimate of drug-likeness (QED) is 0.707. The van der Waals surface area contributed by atoms with Crippen LogP contribution in [-0.2, 0) is 14.3 Å². The number of esters is 1. The number of hydrogen-bond acceptors (Lipinski definition) is 4. The van der Waals surface area contributed by atoms with Gasteiger partial charge in [0.15, 0.2) is 6.61 Å². The Labute approximate surface area is 164 Å². The second-order valence-electron chi connectivity index (χ2n) is 5.03. The van der Waals surface area contributed by atoms with Crippen LogP contribution in [0.4, 0.5) is 5.69 Å². The molecule has 9 heteroatoms. The molecule has 2 N–H and O–H groups in total. The van der Waals surface area contributed by atoms with E-state index in [0.29, 0.717) is 15.7 Å². The Morgan fingerprint density at radius 1 is 0.962 bits per heavy atom. The van der Waals surface area contributed by atoms with Crippen LogP contribution in [0.5, 0.6) is 0 Å². The molecule has 0 unspecified atom stereocenters. The van der Waals surface area contributed by atoms with Gasteiger partial charge in [0, 0.05) is 15.7 Å². The fourth-order valence-electron chi connectivity index (χ4n) is 1.88. The van der Waals surface area contributed by atoms with Gasteiger partial charge in [0.05, 0.1) is 10.6 Å². The summed E-state index contributed by atoms with van der Waals surface area (Å²) in [7, 11) is 0. The molecule has 0 bridgehead atoms. The van der Waals surface area contributed by atoms with Gasteiger partial charge in [-0.25, -0.2) is 0 Å². The van der Waals surface area contributed by atoms with Gasteiger partial charge in [-0.3, -0.25) is 14.4 Å². The van der Waals surface area contributed by atoms with Gasteiger partial charge in [-0.1, -0.05) is 40.9 Å². The first-order valence-corrected chi connectivity index (χ1v) is 8.43. The minimum absolute atomic E-state index is 0.157. The molecule has 0 aliphatic heterocycles. The molecular formula is C17H13Cl3N2O4. The number of rotatable bonds is 6. The highest BCUT2D eigenvalue weighted by Gasteiger charge is 2.13. The molecule has 0 heterocycles. The van der Waals surface area contributed by atoms with E-state index in [-0.39, 0.29) is 10.6 Å². The number of carbonyl (C=O) groups is 3. The minimum Gasteiger partial charge on any atom is -0.454 e. The highest BCUT2D eigenvalue weighted by atomic mass is 35.5. The maximum Gasteiger partial charge on any atom is 0.325 e. The third-order valence-electron chi connectivity index (χ3n) is 3.04. The average Bonchev–Trinajstić information content (AvgIpc) is 2.58. The zero-order chi connectivity index (χ0) is 19.1. The largest absolute Gasteiger partial charge is 0.454 e. The monoisotopic (exact) mass is 414 g/mol. The van der Waals surface area contributed by atoms with Crippen LogP contribution < -0.4 is 10.6 Å². The van der Waals surface area contributed by atoms with Gasteiger partial charge < -0.3 is 15.4 Å². The van der Waals surface area contributed by atoms with Crippen molar-refractivity contribution >= 4 is 58.3 Å².